The number of rotatable bonds is 6. The van der Waals surface area contributed by atoms with Gasteiger partial charge in [0.2, 0.25) is 0 Å². The fourth-order valence-corrected chi connectivity index (χ4v) is 5.15. The lowest BCUT2D eigenvalue weighted by molar-refractivity contribution is -0.0846. The van der Waals surface area contributed by atoms with Gasteiger partial charge in [-0.3, -0.25) is 14.4 Å². The molecule has 34 heavy (non-hydrogen) atoms. The van der Waals surface area contributed by atoms with Gasteiger partial charge in [-0.15, -0.1) is 0 Å². The highest BCUT2D eigenvalue weighted by Crippen LogP contribution is 2.30. The fraction of sp³-hybridized carbons (Fsp3) is 0.407. The molecular formula is C27H31FN4O2. The molecule has 1 N–H and O–H groups in total. The Morgan fingerprint density at radius 1 is 1.12 bits per heavy atom. The van der Waals surface area contributed by atoms with Gasteiger partial charge in [-0.05, 0) is 38.8 Å². The summed E-state index contributed by atoms with van der Waals surface area (Å²) in [4.78, 5) is 15.7. The number of benzene rings is 2. The summed E-state index contributed by atoms with van der Waals surface area (Å²) in [5.41, 5.74) is 3.33. The Hall–Kier alpha value is -3.03. The normalized spacial score (nSPS) is 22.5. The maximum Gasteiger partial charge on any atom is 0.272 e. The molecule has 0 radical (unpaired) electrons. The zero-order valence-electron chi connectivity index (χ0n) is 19.7. The maximum absolute atomic E-state index is 14.3. The Kier molecular flexibility index (Phi) is 6.48. The number of amides is 1. The molecule has 2 atom stereocenters. The first-order chi connectivity index (χ1) is 16.5. The monoisotopic (exact) mass is 462 g/mol. The Morgan fingerprint density at radius 2 is 1.82 bits per heavy atom. The van der Waals surface area contributed by atoms with Crippen LogP contribution in [0.1, 0.15) is 42.7 Å². The van der Waals surface area contributed by atoms with E-state index in [9.17, 15) is 9.18 Å². The largest absolute Gasteiger partial charge is 0.378 e. The number of aromatic nitrogens is 2. The molecule has 6 nitrogen and oxygen atoms in total. The summed E-state index contributed by atoms with van der Waals surface area (Å²) in [6, 6.07) is 15.1. The Labute approximate surface area is 199 Å². The Balaban J connectivity index is 1.31. The molecule has 0 aliphatic carbocycles. The first-order valence-corrected chi connectivity index (χ1v) is 12.0. The van der Waals surface area contributed by atoms with E-state index in [0.29, 0.717) is 37.6 Å². The summed E-state index contributed by atoms with van der Waals surface area (Å²) in [6.07, 6.45) is 3.65. The van der Waals surface area contributed by atoms with E-state index in [0.717, 1.165) is 23.7 Å². The summed E-state index contributed by atoms with van der Waals surface area (Å²) in [5.74, 6) is -0.314. The van der Waals surface area contributed by atoms with Gasteiger partial charge in [0, 0.05) is 35.6 Å². The predicted octanol–water partition coefficient (Wildman–Crippen LogP) is 4.30. The first kappa shape index (κ1) is 22.7. The van der Waals surface area contributed by atoms with Crippen LogP contribution >= 0.6 is 0 Å². The third kappa shape index (κ3) is 4.63. The second-order valence-corrected chi connectivity index (χ2v) is 9.58. The molecule has 2 saturated heterocycles. The van der Waals surface area contributed by atoms with Crippen LogP contribution in [0.3, 0.4) is 0 Å². The van der Waals surface area contributed by atoms with Crippen LogP contribution in [-0.4, -0.2) is 51.9 Å². The molecule has 2 aliphatic heterocycles. The van der Waals surface area contributed by atoms with Crippen LogP contribution in [0, 0.1) is 5.82 Å². The predicted molar refractivity (Wildman–Crippen MR) is 130 cm³/mol. The fourth-order valence-electron chi connectivity index (χ4n) is 5.15. The highest BCUT2D eigenvalue weighted by molar-refractivity contribution is 6.05. The standard InChI is InChI=1S/C27H31FN4O2/c1-18(2)11-12-32-25-10-6-4-8-23(25)26(30-32)27(33)29-20-13-21-16-34-17-22(14-20)31(21)15-19-7-3-5-9-24(19)28/h3-11,20-22H,12-17H2,1-2H3,(H,29,33). The topological polar surface area (TPSA) is 59.4 Å². The van der Waals surface area contributed by atoms with E-state index in [1.807, 2.05) is 41.1 Å². The van der Waals surface area contributed by atoms with Crippen LogP contribution in [-0.2, 0) is 17.8 Å². The number of halogens is 1. The van der Waals surface area contributed by atoms with Gasteiger partial charge in [-0.1, -0.05) is 48.0 Å². The number of morpholine rings is 1. The minimum Gasteiger partial charge on any atom is -0.378 e. The summed E-state index contributed by atoms with van der Waals surface area (Å²) in [7, 11) is 0. The van der Waals surface area contributed by atoms with Gasteiger partial charge in [-0.2, -0.15) is 5.10 Å². The van der Waals surface area contributed by atoms with Crippen molar-refractivity contribution >= 4 is 16.8 Å². The molecule has 3 aromatic rings. The summed E-state index contributed by atoms with van der Waals surface area (Å²) >= 11 is 0. The number of piperidine rings is 1. The number of carbonyl (C=O) groups excluding carboxylic acids is 1. The molecule has 7 heteroatoms. The molecule has 1 aromatic heterocycles. The van der Waals surface area contributed by atoms with Crippen LogP contribution < -0.4 is 5.32 Å². The number of hydrogen-bond donors (Lipinski definition) is 1. The zero-order valence-corrected chi connectivity index (χ0v) is 19.7. The molecule has 5 rings (SSSR count). The Morgan fingerprint density at radius 3 is 2.56 bits per heavy atom. The minimum absolute atomic E-state index is 0.0324. The number of para-hydroxylation sites is 1. The number of nitrogens with zero attached hydrogens (tertiary/aromatic N) is 3. The first-order valence-electron chi connectivity index (χ1n) is 12.0. The number of hydrogen-bond acceptors (Lipinski definition) is 4. The summed E-state index contributed by atoms with van der Waals surface area (Å²) < 4.78 is 22.0. The third-order valence-corrected chi connectivity index (χ3v) is 6.86. The minimum atomic E-state index is -0.174. The average Bonchev–Trinajstić information content (AvgIpc) is 3.18. The van der Waals surface area contributed by atoms with Crippen LogP contribution in [0.4, 0.5) is 4.39 Å². The number of carbonyl (C=O) groups is 1. The molecule has 2 aliphatic rings. The smallest absolute Gasteiger partial charge is 0.272 e. The van der Waals surface area contributed by atoms with E-state index in [1.54, 1.807) is 6.07 Å². The van der Waals surface area contributed by atoms with Crippen LogP contribution in [0.15, 0.2) is 60.2 Å². The van der Waals surface area contributed by atoms with Gasteiger partial charge in [0.25, 0.3) is 5.91 Å². The van der Waals surface area contributed by atoms with Gasteiger partial charge in [0.15, 0.2) is 5.69 Å². The van der Waals surface area contributed by atoms with E-state index < -0.39 is 0 Å². The SMILES string of the molecule is CC(C)=CCn1nc(C(=O)NC2CC3COCC(C2)N3Cc2ccccc2F)c2ccccc21. The number of nitrogens with one attached hydrogen (secondary N) is 1. The zero-order chi connectivity index (χ0) is 23.7. The van der Waals surface area contributed by atoms with E-state index in [4.69, 9.17) is 4.74 Å². The maximum atomic E-state index is 14.3. The van der Waals surface area contributed by atoms with Crippen LogP contribution in [0.25, 0.3) is 10.9 Å². The average molecular weight is 463 g/mol. The van der Waals surface area contributed by atoms with E-state index in [1.165, 1.54) is 11.6 Å². The van der Waals surface area contributed by atoms with Gasteiger partial charge < -0.3 is 10.1 Å². The molecule has 2 fully saturated rings. The number of allylic oxidation sites excluding steroid dienone is 2. The van der Waals surface area contributed by atoms with Crippen molar-refractivity contribution in [3.8, 4) is 0 Å². The van der Waals surface area contributed by atoms with Gasteiger partial charge in [0.1, 0.15) is 5.82 Å². The second-order valence-electron chi connectivity index (χ2n) is 9.58. The quantitative estimate of drug-likeness (QED) is 0.555. The summed E-state index contributed by atoms with van der Waals surface area (Å²) in [6.45, 7) is 6.49. The lowest BCUT2D eigenvalue weighted by Gasteiger charge is -2.48. The van der Waals surface area contributed by atoms with Crippen molar-refractivity contribution in [1.29, 1.82) is 0 Å². The lowest BCUT2D eigenvalue weighted by atomic mass is 9.89. The molecular weight excluding hydrogens is 431 g/mol. The molecule has 2 unspecified atom stereocenters. The molecule has 2 bridgehead atoms. The molecule has 1 amide bonds. The van der Waals surface area contributed by atoms with Crippen molar-refractivity contribution in [1.82, 2.24) is 20.0 Å². The van der Waals surface area contributed by atoms with Crippen molar-refractivity contribution < 1.29 is 13.9 Å². The lowest BCUT2D eigenvalue weighted by Crippen LogP contribution is -2.60. The van der Waals surface area contributed by atoms with Crippen molar-refractivity contribution in [2.24, 2.45) is 0 Å². The van der Waals surface area contributed by atoms with Crippen LogP contribution in [0.5, 0.6) is 0 Å². The second kappa shape index (κ2) is 9.68. The van der Waals surface area contributed by atoms with Crippen molar-refractivity contribution in [2.45, 2.75) is 57.9 Å². The van der Waals surface area contributed by atoms with Gasteiger partial charge in [-0.25, -0.2) is 4.39 Å². The third-order valence-electron chi connectivity index (χ3n) is 6.86. The molecule has 178 valence electrons. The highest BCUT2D eigenvalue weighted by Gasteiger charge is 2.40. The summed E-state index contributed by atoms with van der Waals surface area (Å²) in [5, 5.41) is 8.77. The van der Waals surface area contributed by atoms with Gasteiger partial charge in [0.05, 0.1) is 25.3 Å². The van der Waals surface area contributed by atoms with Crippen molar-refractivity contribution in [3.05, 3.63) is 77.3 Å². The van der Waals surface area contributed by atoms with E-state index >= 15 is 0 Å². The molecule has 0 spiro atoms. The molecule has 2 aromatic carbocycles. The molecule has 0 saturated carbocycles. The Bertz CT molecular complexity index is 1200. The van der Waals surface area contributed by atoms with Crippen molar-refractivity contribution in [3.63, 3.8) is 0 Å². The molecule has 3 heterocycles. The van der Waals surface area contributed by atoms with Crippen LogP contribution in [0.2, 0.25) is 0 Å². The van der Waals surface area contributed by atoms with E-state index in [-0.39, 0.29) is 29.8 Å². The number of fused-ring (bicyclic) bond motifs is 3. The highest BCUT2D eigenvalue weighted by atomic mass is 19.1. The van der Waals surface area contributed by atoms with E-state index in [2.05, 4.69) is 35.2 Å². The van der Waals surface area contributed by atoms with Crippen molar-refractivity contribution in [2.75, 3.05) is 13.2 Å². The number of ether oxygens (including phenoxy) is 1. The van der Waals surface area contributed by atoms with Gasteiger partial charge >= 0.3 is 0 Å².